The van der Waals surface area contributed by atoms with E-state index in [1.807, 2.05) is 42.6 Å². The fourth-order valence-corrected chi connectivity index (χ4v) is 2.59. The summed E-state index contributed by atoms with van der Waals surface area (Å²) in [4.78, 5) is 12.0. The highest BCUT2D eigenvalue weighted by molar-refractivity contribution is 5.87. The van der Waals surface area contributed by atoms with Crippen LogP contribution in [0.4, 0.5) is 0 Å². The van der Waals surface area contributed by atoms with Crippen molar-refractivity contribution in [3.63, 3.8) is 0 Å². The van der Waals surface area contributed by atoms with Gasteiger partial charge in [0.1, 0.15) is 13.2 Å². The van der Waals surface area contributed by atoms with Crippen molar-refractivity contribution in [3.05, 3.63) is 90.8 Å². The molecule has 0 saturated heterocycles. The zero-order valence-corrected chi connectivity index (χ0v) is 16.2. The minimum atomic E-state index is -0.424. The molecule has 1 aromatic heterocycles. The summed E-state index contributed by atoms with van der Waals surface area (Å²) in [5.41, 5.74) is 2.64. The third-order valence-corrected chi connectivity index (χ3v) is 4.04. The molecular weight excluding hydrogens is 368 g/mol. The average molecular weight is 390 g/mol. The van der Waals surface area contributed by atoms with Gasteiger partial charge in [0.05, 0.1) is 12.8 Å². The van der Waals surface area contributed by atoms with Gasteiger partial charge in [0, 0.05) is 18.5 Å². The van der Waals surface area contributed by atoms with Gasteiger partial charge in [-0.2, -0.15) is 5.10 Å². The summed E-state index contributed by atoms with van der Waals surface area (Å²) in [6.45, 7) is 4.20. The van der Waals surface area contributed by atoms with Crippen LogP contribution in [-0.4, -0.2) is 29.5 Å². The average Bonchev–Trinajstić information content (AvgIpc) is 3.30. The maximum atomic E-state index is 12.0. The lowest BCUT2D eigenvalue weighted by atomic mass is 10.2. The first kappa shape index (κ1) is 19.9. The van der Waals surface area contributed by atoms with E-state index in [0.717, 1.165) is 16.8 Å². The molecule has 0 aliphatic carbocycles. The second kappa shape index (κ2) is 9.94. The molecule has 0 aliphatic heterocycles. The Kier molecular flexibility index (Phi) is 6.84. The molecule has 6 heteroatoms. The monoisotopic (exact) mass is 390 g/mol. The Morgan fingerprint density at radius 2 is 2.00 bits per heavy atom. The van der Waals surface area contributed by atoms with E-state index in [0.29, 0.717) is 18.1 Å². The van der Waals surface area contributed by atoms with Crippen molar-refractivity contribution in [1.82, 2.24) is 9.78 Å². The molecule has 1 heterocycles. The van der Waals surface area contributed by atoms with Crippen molar-refractivity contribution in [2.24, 2.45) is 0 Å². The van der Waals surface area contributed by atoms with Gasteiger partial charge in [-0.15, -0.1) is 0 Å². The smallest absolute Gasteiger partial charge is 0.331 e. The number of benzene rings is 2. The van der Waals surface area contributed by atoms with Crippen LogP contribution in [-0.2, 0) is 16.1 Å². The van der Waals surface area contributed by atoms with Crippen molar-refractivity contribution in [3.8, 4) is 17.2 Å². The molecule has 0 spiro atoms. The SMILES string of the molecule is C=CCOc1ccc(/C=C/C(=O)OCc2ccc(-n3cccn3)cc2)cc1OC. The molecule has 0 unspecified atom stereocenters. The van der Waals surface area contributed by atoms with Gasteiger partial charge in [0.15, 0.2) is 11.5 Å². The predicted octanol–water partition coefficient (Wildman–Crippen LogP) is 4.20. The standard InChI is InChI=1S/C23H22N2O4/c1-3-15-28-21-11-7-18(16-22(21)27-2)8-12-23(26)29-17-19-5-9-20(10-6-19)25-14-4-13-24-25/h3-14,16H,1,15,17H2,2H3/b12-8+. The number of hydrogen-bond donors (Lipinski definition) is 0. The molecule has 148 valence electrons. The van der Waals surface area contributed by atoms with Crippen LogP contribution in [0.3, 0.4) is 0 Å². The molecule has 0 bridgehead atoms. The maximum Gasteiger partial charge on any atom is 0.331 e. The zero-order valence-electron chi connectivity index (χ0n) is 16.2. The normalized spacial score (nSPS) is 10.7. The van der Waals surface area contributed by atoms with E-state index < -0.39 is 5.97 Å². The van der Waals surface area contributed by atoms with Crippen LogP contribution in [0, 0.1) is 0 Å². The quantitative estimate of drug-likeness (QED) is 0.311. The van der Waals surface area contributed by atoms with E-state index in [2.05, 4.69) is 11.7 Å². The van der Waals surface area contributed by atoms with Crippen molar-refractivity contribution in [2.45, 2.75) is 6.61 Å². The number of hydrogen-bond acceptors (Lipinski definition) is 5. The van der Waals surface area contributed by atoms with Gasteiger partial charge in [-0.05, 0) is 47.5 Å². The Hall–Kier alpha value is -3.80. The third kappa shape index (κ3) is 5.59. The third-order valence-electron chi connectivity index (χ3n) is 4.04. The van der Waals surface area contributed by atoms with Crippen molar-refractivity contribution < 1.29 is 19.0 Å². The van der Waals surface area contributed by atoms with E-state index in [-0.39, 0.29) is 6.61 Å². The van der Waals surface area contributed by atoms with Crippen LogP contribution in [0.5, 0.6) is 11.5 Å². The van der Waals surface area contributed by atoms with Crippen LogP contribution in [0.15, 0.2) is 79.7 Å². The minimum Gasteiger partial charge on any atom is -0.493 e. The summed E-state index contributed by atoms with van der Waals surface area (Å²) in [6.07, 6.45) is 8.31. The highest BCUT2D eigenvalue weighted by atomic mass is 16.5. The molecule has 0 atom stereocenters. The van der Waals surface area contributed by atoms with Crippen LogP contribution >= 0.6 is 0 Å². The van der Waals surface area contributed by atoms with Crippen molar-refractivity contribution >= 4 is 12.0 Å². The first-order valence-electron chi connectivity index (χ1n) is 9.05. The number of nitrogens with zero attached hydrogens (tertiary/aromatic N) is 2. The molecule has 0 fully saturated rings. The largest absolute Gasteiger partial charge is 0.493 e. The topological polar surface area (TPSA) is 62.6 Å². The van der Waals surface area contributed by atoms with Gasteiger partial charge in [-0.25, -0.2) is 9.48 Å². The first-order valence-corrected chi connectivity index (χ1v) is 9.05. The number of esters is 1. The molecule has 0 radical (unpaired) electrons. The van der Waals surface area contributed by atoms with Crippen LogP contribution in [0.1, 0.15) is 11.1 Å². The van der Waals surface area contributed by atoms with Gasteiger partial charge in [0.2, 0.25) is 0 Å². The Labute approximate surface area is 169 Å². The molecule has 0 amide bonds. The highest BCUT2D eigenvalue weighted by Crippen LogP contribution is 2.28. The summed E-state index contributed by atoms with van der Waals surface area (Å²) in [5.74, 6) is 0.775. The second-order valence-electron chi connectivity index (χ2n) is 6.07. The minimum absolute atomic E-state index is 0.195. The van der Waals surface area contributed by atoms with E-state index >= 15 is 0 Å². The summed E-state index contributed by atoms with van der Waals surface area (Å²) in [7, 11) is 1.56. The molecule has 2 aromatic carbocycles. The molecular formula is C23H22N2O4. The van der Waals surface area contributed by atoms with Gasteiger partial charge in [0.25, 0.3) is 0 Å². The second-order valence-corrected chi connectivity index (χ2v) is 6.07. The van der Waals surface area contributed by atoms with E-state index in [9.17, 15) is 4.79 Å². The van der Waals surface area contributed by atoms with Crippen LogP contribution in [0.2, 0.25) is 0 Å². The number of methoxy groups -OCH3 is 1. The Balaban J connectivity index is 1.55. The molecule has 0 aliphatic rings. The van der Waals surface area contributed by atoms with Crippen LogP contribution in [0.25, 0.3) is 11.8 Å². The molecule has 0 saturated carbocycles. The maximum absolute atomic E-state index is 12.0. The summed E-state index contributed by atoms with van der Waals surface area (Å²) < 4.78 is 17.9. The lowest BCUT2D eigenvalue weighted by Gasteiger charge is -2.09. The highest BCUT2D eigenvalue weighted by Gasteiger charge is 2.05. The van der Waals surface area contributed by atoms with Gasteiger partial charge < -0.3 is 14.2 Å². The molecule has 6 nitrogen and oxygen atoms in total. The number of carbonyl (C=O) groups is 1. The number of carbonyl (C=O) groups excluding carboxylic acids is 1. The van der Waals surface area contributed by atoms with Gasteiger partial charge in [-0.1, -0.05) is 30.9 Å². The number of ether oxygens (including phenoxy) is 3. The lowest BCUT2D eigenvalue weighted by Crippen LogP contribution is -2.01. The molecule has 3 rings (SSSR count). The first-order chi connectivity index (χ1) is 14.2. The van der Waals surface area contributed by atoms with Crippen LogP contribution < -0.4 is 9.47 Å². The van der Waals surface area contributed by atoms with Gasteiger partial charge >= 0.3 is 5.97 Å². The Bertz CT molecular complexity index is 977. The summed E-state index contributed by atoms with van der Waals surface area (Å²) >= 11 is 0. The summed E-state index contributed by atoms with van der Waals surface area (Å²) in [6, 6.07) is 14.9. The Morgan fingerprint density at radius 3 is 2.69 bits per heavy atom. The van der Waals surface area contributed by atoms with Crippen molar-refractivity contribution in [2.75, 3.05) is 13.7 Å². The van der Waals surface area contributed by atoms with Gasteiger partial charge in [-0.3, -0.25) is 0 Å². The predicted molar refractivity (Wildman–Crippen MR) is 111 cm³/mol. The summed E-state index contributed by atoms with van der Waals surface area (Å²) in [5, 5.41) is 4.18. The lowest BCUT2D eigenvalue weighted by molar-refractivity contribution is -0.138. The van der Waals surface area contributed by atoms with E-state index in [1.54, 1.807) is 42.3 Å². The Morgan fingerprint density at radius 1 is 1.17 bits per heavy atom. The van der Waals surface area contributed by atoms with E-state index in [1.165, 1.54) is 6.08 Å². The van der Waals surface area contributed by atoms with E-state index in [4.69, 9.17) is 14.2 Å². The number of rotatable bonds is 9. The zero-order chi connectivity index (χ0) is 20.5. The number of aromatic nitrogens is 2. The fraction of sp³-hybridized carbons (Fsp3) is 0.130. The molecule has 3 aromatic rings. The van der Waals surface area contributed by atoms with Crippen molar-refractivity contribution in [1.29, 1.82) is 0 Å². The molecule has 29 heavy (non-hydrogen) atoms. The molecule has 0 N–H and O–H groups in total. The fourth-order valence-electron chi connectivity index (χ4n) is 2.59.